The van der Waals surface area contributed by atoms with Gasteiger partial charge in [0.1, 0.15) is 0 Å². The van der Waals surface area contributed by atoms with Crippen LogP contribution in [0, 0.1) is 23.7 Å². The Morgan fingerprint density at radius 1 is 0.500 bits per heavy atom. The van der Waals surface area contributed by atoms with E-state index >= 15 is 0 Å². The Labute approximate surface area is 250 Å². The second kappa shape index (κ2) is 28.1. The summed E-state index contributed by atoms with van der Waals surface area (Å²) in [6.45, 7) is 14.5. The first-order valence-electron chi connectivity index (χ1n) is 17.7. The molecule has 0 aliphatic rings. The van der Waals surface area contributed by atoms with Crippen LogP contribution in [-0.4, -0.2) is 25.2 Å². The molecule has 0 radical (unpaired) electrons. The first kappa shape index (κ1) is 38.9. The molecule has 0 saturated heterocycles. The second-order valence-electron chi connectivity index (χ2n) is 13.0. The predicted octanol–water partition coefficient (Wildman–Crippen LogP) is 11.2. The van der Waals surface area contributed by atoms with Crippen LogP contribution in [0.25, 0.3) is 0 Å². The van der Waals surface area contributed by atoms with Crippen molar-refractivity contribution in [1.82, 2.24) is 0 Å². The van der Waals surface area contributed by atoms with E-state index in [1.165, 1.54) is 96.3 Å². The monoisotopic (exact) mass is 567 g/mol. The summed E-state index contributed by atoms with van der Waals surface area (Å²) in [5.74, 6) is 1.29. The molecular weight excluding hydrogens is 496 g/mol. The molecule has 0 saturated carbocycles. The van der Waals surface area contributed by atoms with Crippen LogP contribution < -0.4 is 0 Å². The molecular formula is C36H70O4. The van der Waals surface area contributed by atoms with E-state index in [0.29, 0.717) is 37.4 Å². The molecule has 0 aromatic carbocycles. The molecule has 0 rings (SSSR count). The molecule has 4 heteroatoms. The van der Waals surface area contributed by atoms with Crippen molar-refractivity contribution < 1.29 is 19.1 Å². The van der Waals surface area contributed by atoms with Crippen molar-refractivity contribution in [1.29, 1.82) is 0 Å². The number of carbonyl (C=O) groups excluding carboxylic acids is 2. The van der Waals surface area contributed by atoms with E-state index in [0.717, 1.165) is 38.5 Å². The highest BCUT2D eigenvalue weighted by atomic mass is 16.5. The third kappa shape index (κ3) is 22.6. The largest absolute Gasteiger partial charge is 0.466 e. The first-order valence-corrected chi connectivity index (χ1v) is 17.7. The zero-order chi connectivity index (χ0) is 29.8. The van der Waals surface area contributed by atoms with Gasteiger partial charge in [0, 0.05) is 6.42 Å². The third-order valence-corrected chi connectivity index (χ3v) is 8.48. The molecule has 4 nitrogen and oxygen atoms in total. The maximum Gasteiger partial charge on any atom is 0.309 e. The number of esters is 2. The molecule has 0 fully saturated rings. The number of rotatable bonds is 29. The highest BCUT2D eigenvalue weighted by molar-refractivity contribution is 5.73. The molecule has 0 N–H and O–H groups in total. The van der Waals surface area contributed by atoms with Crippen molar-refractivity contribution in [2.75, 3.05) is 13.2 Å². The molecule has 238 valence electrons. The van der Waals surface area contributed by atoms with E-state index < -0.39 is 0 Å². The molecule has 0 aliphatic heterocycles. The summed E-state index contributed by atoms with van der Waals surface area (Å²) < 4.78 is 11.1. The maximum absolute atomic E-state index is 13.0. The highest BCUT2D eigenvalue weighted by Crippen LogP contribution is 2.33. The number of hydrogen-bond donors (Lipinski definition) is 0. The lowest BCUT2D eigenvalue weighted by Crippen LogP contribution is -2.33. The molecule has 0 aromatic heterocycles. The van der Waals surface area contributed by atoms with Crippen LogP contribution in [0.4, 0.5) is 0 Å². The fourth-order valence-electron chi connectivity index (χ4n) is 5.87. The lowest BCUT2D eigenvalue weighted by Gasteiger charge is -2.31. The third-order valence-electron chi connectivity index (χ3n) is 8.48. The molecule has 0 amide bonds. The molecule has 2 unspecified atom stereocenters. The normalized spacial score (nSPS) is 13.1. The topological polar surface area (TPSA) is 52.6 Å². The number of ether oxygens (including phenoxy) is 2. The summed E-state index contributed by atoms with van der Waals surface area (Å²) in [5, 5.41) is 0. The minimum absolute atomic E-state index is 0.00962. The molecule has 40 heavy (non-hydrogen) atoms. The zero-order valence-electron chi connectivity index (χ0n) is 27.9. The van der Waals surface area contributed by atoms with Crippen molar-refractivity contribution in [2.45, 2.75) is 183 Å². The molecule has 0 spiro atoms. The lowest BCUT2D eigenvalue weighted by atomic mass is 9.74. The van der Waals surface area contributed by atoms with E-state index in [1.807, 2.05) is 0 Å². The average molecular weight is 567 g/mol. The fourth-order valence-corrected chi connectivity index (χ4v) is 5.87. The van der Waals surface area contributed by atoms with Gasteiger partial charge >= 0.3 is 11.9 Å². The van der Waals surface area contributed by atoms with Gasteiger partial charge in [-0.3, -0.25) is 9.59 Å². The summed E-state index contributed by atoms with van der Waals surface area (Å²) in [6, 6.07) is 0. The fraction of sp³-hybridized carbons (Fsp3) is 0.944. The van der Waals surface area contributed by atoms with Gasteiger partial charge in [0.05, 0.1) is 19.1 Å². The Morgan fingerprint density at radius 2 is 0.925 bits per heavy atom. The Kier molecular flexibility index (Phi) is 27.3. The summed E-state index contributed by atoms with van der Waals surface area (Å²) in [4.78, 5) is 24.8. The number of hydrogen-bond acceptors (Lipinski definition) is 4. The van der Waals surface area contributed by atoms with E-state index in [4.69, 9.17) is 9.47 Å². The smallest absolute Gasteiger partial charge is 0.309 e. The minimum atomic E-state index is -0.00962. The van der Waals surface area contributed by atoms with Gasteiger partial charge < -0.3 is 9.47 Å². The Bertz CT molecular complexity index is 571. The van der Waals surface area contributed by atoms with Gasteiger partial charge in [-0.15, -0.1) is 0 Å². The van der Waals surface area contributed by atoms with Gasteiger partial charge in [-0.1, -0.05) is 151 Å². The molecule has 0 heterocycles. The average Bonchev–Trinajstić information content (AvgIpc) is 2.91. The molecule has 0 aromatic rings. The van der Waals surface area contributed by atoms with Crippen molar-refractivity contribution in [3.63, 3.8) is 0 Å². The SMILES string of the molecule is CCCCCCCOC(=O)CCCCCCCCCCCCC(C(C)C)C(C(=O)OCCCCCCC)C(C)C. The van der Waals surface area contributed by atoms with Crippen molar-refractivity contribution in [2.24, 2.45) is 23.7 Å². The van der Waals surface area contributed by atoms with Gasteiger partial charge in [-0.2, -0.15) is 0 Å². The lowest BCUT2D eigenvalue weighted by molar-refractivity contribution is -0.153. The van der Waals surface area contributed by atoms with E-state index in [1.54, 1.807) is 0 Å². The minimum Gasteiger partial charge on any atom is -0.466 e. The van der Waals surface area contributed by atoms with Crippen LogP contribution in [0.15, 0.2) is 0 Å². The maximum atomic E-state index is 13.0. The van der Waals surface area contributed by atoms with Gasteiger partial charge in [-0.05, 0) is 43.4 Å². The summed E-state index contributed by atoms with van der Waals surface area (Å²) in [5.41, 5.74) is 0. The molecule has 2 atom stereocenters. The Morgan fingerprint density at radius 3 is 1.40 bits per heavy atom. The Hall–Kier alpha value is -1.06. The number of unbranched alkanes of at least 4 members (excludes halogenated alkanes) is 17. The summed E-state index contributed by atoms with van der Waals surface area (Å²) in [6.07, 6.45) is 25.9. The van der Waals surface area contributed by atoms with E-state index in [9.17, 15) is 9.59 Å². The second-order valence-corrected chi connectivity index (χ2v) is 13.0. The van der Waals surface area contributed by atoms with Crippen LogP contribution >= 0.6 is 0 Å². The van der Waals surface area contributed by atoms with Crippen LogP contribution in [0.5, 0.6) is 0 Å². The van der Waals surface area contributed by atoms with Gasteiger partial charge in [0.15, 0.2) is 0 Å². The number of carbonyl (C=O) groups is 2. The van der Waals surface area contributed by atoms with Crippen LogP contribution in [0.3, 0.4) is 0 Å². The van der Waals surface area contributed by atoms with Crippen LogP contribution in [0.1, 0.15) is 183 Å². The van der Waals surface area contributed by atoms with Crippen LogP contribution in [0.2, 0.25) is 0 Å². The van der Waals surface area contributed by atoms with Gasteiger partial charge in [-0.25, -0.2) is 0 Å². The molecule has 0 aliphatic carbocycles. The quantitative estimate of drug-likeness (QED) is 0.0667. The summed E-state index contributed by atoms with van der Waals surface area (Å²) in [7, 11) is 0. The molecule has 0 bridgehead atoms. The zero-order valence-corrected chi connectivity index (χ0v) is 27.9. The van der Waals surface area contributed by atoms with Crippen LogP contribution in [-0.2, 0) is 19.1 Å². The van der Waals surface area contributed by atoms with E-state index in [-0.39, 0.29) is 17.9 Å². The van der Waals surface area contributed by atoms with Crippen molar-refractivity contribution in [3.05, 3.63) is 0 Å². The Balaban J connectivity index is 3.89. The highest BCUT2D eigenvalue weighted by Gasteiger charge is 2.33. The van der Waals surface area contributed by atoms with E-state index in [2.05, 4.69) is 41.5 Å². The van der Waals surface area contributed by atoms with Crippen molar-refractivity contribution >= 4 is 11.9 Å². The summed E-state index contributed by atoms with van der Waals surface area (Å²) >= 11 is 0. The standard InChI is InChI=1S/C36H70O4/c1-7-9-11-21-25-29-39-34(37)28-24-20-18-16-14-13-15-17-19-23-27-33(31(3)4)35(32(5)6)36(38)40-30-26-22-12-10-8-2/h31-33,35H,7-30H2,1-6H3. The predicted molar refractivity (Wildman–Crippen MR) is 171 cm³/mol. The van der Waals surface area contributed by atoms with Crippen molar-refractivity contribution in [3.8, 4) is 0 Å². The first-order chi connectivity index (χ1) is 19.3. The van der Waals surface area contributed by atoms with Gasteiger partial charge in [0.2, 0.25) is 0 Å². The van der Waals surface area contributed by atoms with Gasteiger partial charge in [0.25, 0.3) is 0 Å².